The van der Waals surface area contributed by atoms with Crippen LogP contribution in [0.3, 0.4) is 0 Å². The quantitative estimate of drug-likeness (QED) is 0.891. The molecule has 2 N–H and O–H groups in total. The number of hydrogen-bond acceptors (Lipinski definition) is 3. The van der Waals surface area contributed by atoms with Gasteiger partial charge in [0.15, 0.2) is 5.03 Å². The predicted molar refractivity (Wildman–Crippen MR) is 80.8 cm³/mol. The number of nitrogens with two attached hydrogens (primary N) is 1. The summed E-state index contributed by atoms with van der Waals surface area (Å²) in [6, 6.07) is 7.86. The van der Waals surface area contributed by atoms with Crippen molar-refractivity contribution in [2.75, 3.05) is 0 Å². The molecule has 108 valence electrons. The van der Waals surface area contributed by atoms with Gasteiger partial charge in [-0.1, -0.05) is 35.0 Å². The molecule has 0 saturated heterocycles. The maximum absolute atomic E-state index is 11.4. The van der Waals surface area contributed by atoms with Crippen molar-refractivity contribution in [3.05, 3.63) is 46.3 Å². The Kier molecular flexibility index (Phi) is 4.62. The minimum Gasteiger partial charge on any atom is -0.329 e. The van der Waals surface area contributed by atoms with Crippen molar-refractivity contribution < 1.29 is 8.42 Å². The molecule has 1 heterocycles. The lowest BCUT2D eigenvalue weighted by Crippen LogP contribution is -2.12. The van der Waals surface area contributed by atoms with E-state index in [1.54, 1.807) is 0 Å². The molecule has 7 heteroatoms. The standard InChI is InChI=1S/C13H16BrN3O2S/c1-2-4-12-16-13(20(15,18)19)9-17(12)8-10-5-3-6-11(14)7-10/h3,5-7,9H,2,4,8H2,1H3,(H2,15,18,19). The smallest absolute Gasteiger partial charge is 0.257 e. The van der Waals surface area contributed by atoms with E-state index in [0.29, 0.717) is 13.0 Å². The first-order valence-electron chi connectivity index (χ1n) is 6.23. The third kappa shape index (κ3) is 3.68. The first-order chi connectivity index (χ1) is 9.40. The average Bonchev–Trinajstić information content (AvgIpc) is 2.73. The highest BCUT2D eigenvalue weighted by Crippen LogP contribution is 2.16. The van der Waals surface area contributed by atoms with Crippen LogP contribution in [-0.2, 0) is 23.0 Å². The number of sulfonamides is 1. The molecular formula is C13H16BrN3O2S. The number of primary sulfonamides is 1. The first-order valence-corrected chi connectivity index (χ1v) is 8.57. The number of aromatic nitrogens is 2. The molecule has 0 bridgehead atoms. The van der Waals surface area contributed by atoms with E-state index in [4.69, 9.17) is 5.14 Å². The molecule has 1 aromatic carbocycles. The van der Waals surface area contributed by atoms with Crippen LogP contribution >= 0.6 is 15.9 Å². The van der Waals surface area contributed by atoms with Crippen LogP contribution in [0.1, 0.15) is 24.7 Å². The molecular weight excluding hydrogens is 342 g/mol. The van der Waals surface area contributed by atoms with Gasteiger partial charge in [-0.05, 0) is 24.1 Å². The number of imidazole rings is 1. The van der Waals surface area contributed by atoms with Crippen molar-refractivity contribution in [3.8, 4) is 0 Å². The lowest BCUT2D eigenvalue weighted by atomic mass is 10.2. The second-order valence-electron chi connectivity index (χ2n) is 4.55. The van der Waals surface area contributed by atoms with Gasteiger partial charge in [-0.3, -0.25) is 0 Å². The van der Waals surface area contributed by atoms with E-state index in [1.807, 2.05) is 35.8 Å². The van der Waals surface area contributed by atoms with Crippen LogP contribution in [0, 0.1) is 0 Å². The molecule has 0 aliphatic rings. The molecule has 1 aromatic heterocycles. The Morgan fingerprint density at radius 1 is 1.40 bits per heavy atom. The van der Waals surface area contributed by atoms with E-state index < -0.39 is 10.0 Å². The SMILES string of the molecule is CCCc1nc(S(N)(=O)=O)cn1Cc1cccc(Br)c1. The number of rotatable bonds is 5. The lowest BCUT2D eigenvalue weighted by molar-refractivity contribution is 0.594. The van der Waals surface area contributed by atoms with Gasteiger partial charge in [-0.25, -0.2) is 18.5 Å². The van der Waals surface area contributed by atoms with Crippen molar-refractivity contribution in [1.82, 2.24) is 9.55 Å². The maximum Gasteiger partial charge on any atom is 0.257 e. The minimum atomic E-state index is -3.76. The van der Waals surface area contributed by atoms with Crippen LogP contribution < -0.4 is 5.14 Å². The minimum absolute atomic E-state index is 0.0732. The van der Waals surface area contributed by atoms with E-state index in [1.165, 1.54) is 6.20 Å². The maximum atomic E-state index is 11.4. The van der Waals surface area contributed by atoms with Crippen molar-refractivity contribution in [1.29, 1.82) is 0 Å². The molecule has 0 fully saturated rings. The average molecular weight is 358 g/mol. The summed E-state index contributed by atoms with van der Waals surface area (Å²) >= 11 is 3.42. The fraction of sp³-hybridized carbons (Fsp3) is 0.308. The second kappa shape index (κ2) is 6.07. The van der Waals surface area contributed by atoms with Gasteiger partial charge in [0.05, 0.1) is 0 Å². The van der Waals surface area contributed by atoms with E-state index in [9.17, 15) is 8.42 Å². The number of nitrogens with zero attached hydrogens (tertiary/aromatic N) is 2. The van der Waals surface area contributed by atoms with Crippen molar-refractivity contribution in [2.24, 2.45) is 5.14 Å². The van der Waals surface area contributed by atoms with E-state index >= 15 is 0 Å². The molecule has 0 spiro atoms. The topological polar surface area (TPSA) is 78.0 Å². The molecule has 0 unspecified atom stereocenters. The van der Waals surface area contributed by atoms with Crippen LogP contribution in [-0.4, -0.2) is 18.0 Å². The van der Waals surface area contributed by atoms with E-state index in [-0.39, 0.29) is 5.03 Å². The van der Waals surface area contributed by atoms with Crippen LogP contribution in [0.25, 0.3) is 0 Å². The highest BCUT2D eigenvalue weighted by Gasteiger charge is 2.16. The van der Waals surface area contributed by atoms with Crippen LogP contribution in [0.5, 0.6) is 0 Å². The van der Waals surface area contributed by atoms with E-state index in [0.717, 1.165) is 22.3 Å². The predicted octanol–water partition coefficient (Wildman–Crippen LogP) is 2.29. The highest BCUT2D eigenvalue weighted by atomic mass is 79.9. The van der Waals surface area contributed by atoms with E-state index in [2.05, 4.69) is 20.9 Å². The Hall–Kier alpha value is -1.18. The van der Waals surface area contributed by atoms with Crippen LogP contribution in [0.15, 0.2) is 40.0 Å². The number of aryl methyl sites for hydroxylation is 1. The molecule has 0 radical (unpaired) electrons. The Bertz CT molecular complexity index is 710. The monoisotopic (exact) mass is 357 g/mol. The van der Waals surface area contributed by atoms with Gasteiger partial charge < -0.3 is 4.57 Å². The molecule has 5 nitrogen and oxygen atoms in total. The fourth-order valence-corrected chi connectivity index (χ4v) is 2.91. The summed E-state index contributed by atoms with van der Waals surface area (Å²) in [4.78, 5) is 4.13. The van der Waals surface area contributed by atoms with Gasteiger partial charge in [0.1, 0.15) is 5.82 Å². The zero-order valence-electron chi connectivity index (χ0n) is 11.1. The van der Waals surface area contributed by atoms with Gasteiger partial charge in [0.25, 0.3) is 10.0 Å². The Morgan fingerprint density at radius 3 is 2.75 bits per heavy atom. The third-order valence-corrected chi connectivity index (χ3v) is 4.12. The lowest BCUT2D eigenvalue weighted by Gasteiger charge is -2.07. The number of hydrogen-bond donors (Lipinski definition) is 1. The molecule has 0 atom stereocenters. The van der Waals surface area contributed by atoms with Gasteiger partial charge >= 0.3 is 0 Å². The molecule has 20 heavy (non-hydrogen) atoms. The van der Waals surface area contributed by atoms with Crippen LogP contribution in [0.2, 0.25) is 0 Å². The molecule has 0 saturated carbocycles. The van der Waals surface area contributed by atoms with Gasteiger partial charge in [-0.15, -0.1) is 0 Å². The Labute approximate surface area is 127 Å². The summed E-state index contributed by atoms with van der Waals surface area (Å²) in [5, 5.41) is 5.07. The largest absolute Gasteiger partial charge is 0.329 e. The molecule has 0 aliphatic carbocycles. The third-order valence-electron chi connectivity index (χ3n) is 2.84. The molecule has 0 amide bonds. The van der Waals surface area contributed by atoms with Crippen LogP contribution in [0.4, 0.5) is 0 Å². The summed E-state index contributed by atoms with van der Waals surface area (Å²) in [7, 11) is -3.76. The molecule has 2 rings (SSSR count). The van der Waals surface area contributed by atoms with Gasteiger partial charge in [0.2, 0.25) is 0 Å². The van der Waals surface area contributed by atoms with Crippen molar-refractivity contribution in [2.45, 2.75) is 31.3 Å². The van der Waals surface area contributed by atoms with Gasteiger partial charge in [0, 0.05) is 23.6 Å². The normalized spacial score (nSPS) is 11.8. The summed E-state index contributed by atoms with van der Waals surface area (Å²) < 4.78 is 25.6. The highest BCUT2D eigenvalue weighted by molar-refractivity contribution is 9.10. The molecule has 0 aliphatic heterocycles. The second-order valence-corrected chi connectivity index (χ2v) is 6.97. The van der Waals surface area contributed by atoms with Crippen molar-refractivity contribution in [3.63, 3.8) is 0 Å². The summed E-state index contributed by atoms with van der Waals surface area (Å²) in [5.74, 6) is 0.733. The zero-order valence-corrected chi connectivity index (χ0v) is 13.5. The zero-order chi connectivity index (χ0) is 14.8. The molecule has 2 aromatic rings. The first kappa shape index (κ1) is 15.2. The van der Waals surface area contributed by atoms with Gasteiger partial charge in [-0.2, -0.15) is 0 Å². The number of benzene rings is 1. The summed E-state index contributed by atoms with van der Waals surface area (Å²) in [5.41, 5.74) is 1.06. The van der Waals surface area contributed by atoms with Crippen molar-refractivity contribution >= 4 is 26.0 Å². The summed E-state index contributed by atoms with van der Waals surface area (Å²) in [6.07, 6.45) is 3.10. The number of halogens is 1. The Morgan fingerprint density at radius 2 is 2.15 bits per heavy atom. The fourth-order valence-electron chi connectivity index (χ4n) is 1.96. The summed E-state index contributed by atoms with van der Waals surface area (Å²) in [6.45, 7) is 2.59. The Balaban J connectivity index is 2.37.